The molecule has 0 saturated carbocycles. The summed E-state index contributed by atoms with van der Waals surface area (Å²) in [7, 11) is 1.60. The molecule has 2 atom stereocenters. The van der Waals surface area contributed by atoms with Gasteiger partial charge in [0.15, 0.2) is 12.3 Å². The van der Waals surface area contributed by atoms with Gasteiger partial charge < -0.3 is 14.7 Å². The Morgan fingerprint density at radius 2 is 2.12 bits per heavy atom. The maximum Gasteiger partial charge on any atom is 0.332 e. The van der Waals surface area contributed by atoms with Gasteiger partial charge in [0, 0.05) is 18.2 Å². The maximum atomic E-state index is 11.9. The van der Waals surface area contributed by atoms with Crippen LogP contribution in [0.15, 0.2) is 24.3 Å². The van der Waals surface area contributed by atoms with E-state index in [1.165, 1.54) is 11.8 Å². The zero-order chi connectivity index (χ0) is 12.6. The highest BCUT2D eigenvalue weighted by molar-refractivity contribution is 5.98. The van der Waals surface area contributed by atoms with Crippen molar-refractivity contribution >= 4 is 11.9 Å². The second-order valence-corrected chi connectivity index (χ2v) is 3.97. The highest BCUT2D eigenvalue weighted by Gasteiger charge is 2.36. The van der Waals surface area contributed by atoms with E-state index >= 15 is 0 Å². The predicted molar refractivity (Wildman–Crippen MR) is 59.5 cm³/mol. The summed E-state index contributed by atoms with van der Waals surface area (Å²) in [4.78, 5) is 24.0. The Bertz CT molecular complexity index is 471. The summed E-state index contributed by atoms with van der Waals surface area (Å²) >= 11 is 0. The molecule has 0 aliphatic carbocycles. The van der Waals surface area contributed by atoms with Crippen molar-refractivity contribution in [2.24, 2.45) is 0 Å². The van der Waals surface area contributed by atoms with E-state index in [2.05, 4.69) is 0 Å². The Kier molecular flexibility index (Phi) is 2.85. The van der Waals surface area contributed by atoms with E-state index in [-0.39, 0.29) is 5.91 Å². The number of carbonyl (C=O) groups is 2. The fourth-order valence-corrected chi connectivity index (χ4v) is 1.83. The van der Waals surface area contributed by atoms with Gasteiger partial charge in [-0.1, -0.05) is 18.2 Å². The average molecular weight is 235 g/mol. The van der Waals surface area contributed by atoms with Crippen LogP contribution in [0.1, 0.15) is 29.1 Å². The fraction of sp³-hybridized carbons (Fsp3) is 0.333. The first-order chi connectivity index (χ1) is 8.02. The second kappa shape index (κ2) is 4.18. The number of hydrogen-bond acceptors (Lipinski definition) is 3. The molecule has 1 aromatic carbocycles. The van der Waals surface area contributed by atoms with Gasteiger partial charge in [-0.15, -0.1) is 0 Å². The third-order valence-electron chi connectivity index (χ3n) is 2.81. The van der Waals surface area contributed by atoms with Crippen LogP contribution in [0.3, 0.4) is 0 Å². The van der Waals surface area contributed by atoms with E-state index in [1.807, 2.05) is 0 Å². The molecular formula is C12H13NO4. The molecule has 1 amide bonds. The minimum Gasteiger partial charge on any atom is -0.479 e. The standard InChI is InChI=1S/C12H13NO4/c1-7(12(15)16)17-11-9-6-4-3-5-8(9)10(14)13(11)2/h3-7,11H,1-2H3,(H,15,16)/t7-,11+/m0/s1. The molecule has 1 aliphatic heterocycles. The molecule has 17 heavy (non-hydrogen) atoms. The van der Waals surface area contributed by atoms with Crippen molar-refractivity contribution < 1.29 is 19.4 Å². The SMILES string of the molecule is C[C@H](O[C@@H]1c2ccccc2C(=O)N1C)C(=O)O. The number of fused-ring (bicyclic) bond motifs is 1. The summed E-state index contributed by atoms with van der Waals surface area (Å²) in [5.41, 5.74) is 1.28. The summed E-state index contributed by atoms with van der Waals surface area (Å²) in [6, 6.07) is 7.06. The lowest BCUT2D eigenvalue weighted by Gasteiger charge is -2.23. The molecule has 0 spiro atoms. The minimum absolute atomic E-state index is 0.150. The van der Waals surface area contributed by atoms with E-state index in [9.17, 15) is 9.59 Å². The predicted octanol–water partition coefficient (Wildman–Crippen LogP) is 1.26. The molecule has 2 rings (SSSR count). The monoisotopic (exact) mass is 235 g/mol. The van der Waals surface area contributed by atoms with E-state index in [0.29, 0.717) is 11.1 Å². The van der Waals surface area contributed by atoms with Crippen molar-refractivity contribution in [1.29, 1.82) is 0 Å². The number of carbonyl (C=O) groups excluding carboxylic acids is 1. The third-order valence-corrected chi connectivity index (χ3v) is 2.81. The highest BCUT2D eigenvalue weighted by atomic mass is 16.5. The maximum absolute atomic E-state index is 11.9. The molecule has 0 unspecified atom stereocenters. The van der Waals surface area contributed by atoms with Crippen LogP contribution in [0.2, 0.25) is 0 Å². The first kappa shape index (κ1) is 11.6. The lowest BCUT2D eigenvalue weighted by Crippen LogP contribution is -2.30. The molecule has 0 aromatic heterocycles. The molecule has 0 bridgehead atoms. The zero-order valence-corrected chi connectivity index (χ0v) is 9.58. The van der Waals surface area contributed by atoms with Crippen LogP contribution < -0.4 is 0 Å². The van der Waals surface area contributed by atoms with Crippen LogP contribution in [0.5, 0.6) is 0 Å². The molecule has 1 heterocycles. The van der Waals surface area contributed by atoms with E-state index in [4.69, 9.17) is 9.84 Å². The number of ether oxygens (including phenoxy) is 1. The number of amides is 1. The Labute approximate surface area is 98.6 Å². The summed E-state index contributed by atoms with van der Waals surface area (Å²) in [5.74, 6) is -1.20. The van der Waals surface area contributed by atoms with Crippen LogP contribution in [0, 0.1) is 0 Å². The van der Waals surface area contributed by atoms with Crippen LogP contribution in [-0.2, 0) is 9.53 Å². The number of carboxylic acid groups (broad SMARTS) is 1. The van der Waals surface area contributed by atoms with Crippen molar-refractivity contribution in [2.45, 2.75) is 19.3 Å². The number of hydrogen-bond donors (Lipinski definition) is 1. The van der Waals surface area contributed by atoms with Gasteiger partial charge in [0.25, 0.3) is 5.91 Å². The molecule has 0 saturated heterocycles. The van der Waals surface area contributed by atoms with Crippen LogP contribution >= 0.6 is 0 Å². The largest absolute Gasteiger partial charge is 0.479 e. The summed E-state index contributed by atoms with van der Waals surface area (Å²) in [5, 5.41) is 8.81. The van der Waals surface area contributed by atoms with Gasteiger partial charge >= 0.3 is 5.97 Å². The normalized spacial score (nSPS) is 20.2. The highest BCUT2D eigenvalue weighted by Crippen LogP contribution is 2.33. The van der Waals surface area contributed by atoms with Crippen molar-refractivity contribution in [3.05, 3.63) is 35.4 Å². The Hall–Kier alpha value is -1.88. The van der Waals surface area contributed by atoms with E-state index < -0.39 is 18.3 Å². The van der Waals surface area contributed by atoms with Gasteiger partial charge in [-0.3, -0.25) is 4.79 Å². The van der Waals surface area contributed by atoms with Crippen LogP contribution in [-0.4, -0.2) is 35.0 Å². The quantitative estimate of drug-likeness (QED) is 0.856. The number of aliphatic carboxylic acids is 1. The van der Waals surface area contributed by atoms with Crippen molar-refractivity contribution in [1.82, 2.24) is 4.90 Å². The topological polar surface area (TPSA) is 66.8 Å². The smallest absolute Gasteiger partial charge is 0.332 e. The number of nitrogens with zero attached hydrogens (tertiary/aromatic N) is 1. The number of carboxylic acids is 1. The molecule has 0 fully saturated rings. The zero-order valence-electron chi connectivity index (χ0n) is 9.58. The lowest BCUT2D eigenvalue weighted by atomic mass is 10.1. The van der Waals surface area contributed by atoms with Gasteiger partial charge in [0.05, 0.1) is 0 Å². The molecule has 5 nitrogen and oxygen atoms in total. The van der Waals surface area contributed by atoms with Gasteiger partial charge in [-0.05, 0) is 13.0 Å². The average Bonchev–Trinajstić information content (AvgIpc) is 2.55. The second-order valence-electron chi connectivity index (χ2n) is 3.97. The van der Waals surface area contributed by atoms with Crippen molar-refractivity contribution in [3.8, 4) is 0 Å². The lowest BCUT2D eigenvalue weighted by molar-refractivity contribution is -0.158. The Balaban J connectivity index is 2.30. The third kappa shape index (κ3) is 1.89. The fourth-order valence-electron chi connectivity index (χ4n) is 1.83. The molecule has 1 N–H and O–H groups in total. The van der Waals surface area contributed by atoms with Gasteiger partial charge in [0.2, 0.25) is 0 Å². The van der Waals surface area contributed by atoms with Gasteiger partial charge in [-0.2, -0.15) is 0 Å². The molecule has 0 radical (unpaired) electrons. The van der Waals surface area contributed by atoms with Crippen LogP contribution in [0.4, 0.5) is 0 Å². The Morgan fingerprint density at radius 1 is 1.47 bits per heavy atom. The molecule has 1 aliphatic rings. The van der Waals surface area contributed by atoms with Crippen LogP contribution in [0.25, 0.3) is 0 Å². The Morgan fingerprint density at radius 3 is 2.76 bits per heavy atom. The first-order valence-corrected chi connectivity index (χ1v) is 5.26. The number of rotatable bonds is 3. The summed E-state index contributed by atoms with van der Waals surface area (Å²) < 4.78 is 5.39. The minimum atomic E-state index is -1.05. The summed E-state index contributed by atoms with van der Waals surface area (Å²) in [6.07, 6.45) is -1.58. The van der Waals surface area contributed by atoms with Crippen molar-refractivity contribution in [2.75, 3.05) is 7.05 Å². The molecule has 90 valence electrons. The summed E-state index contributed by atoms with van der Waals surface area (Å²) in [6.45, 7) is 1.45. The van der Waals surface area contributed by atoms with E-state index in [0.717, 1.165) is 0 Å². The first-order valence-electron chi connectivity index (χ1n) is 5.26. The number of benzene rings is 1. The van der Waals surface area contributed by atoms with E-state index in [1.54, 1.807) is 31.3 Å². The molecular weight excluding hydrogens is 222 g/mol. The molecule has 5 heteroatoms. The molecule has 1 aromatic rings. The van der Waals surface area contributed by atoms with Crippen molar-refractivity contribution in [3.63, 3.8) is 0 Å². The van der Waals surface area contributed by atoms with Gasteiger partial charge in [0.1, 0.15) is 0 Å². The van der Waals surface area contributed by atoms with Gasteiger partial charge in [-0.25, -0.2) is 4.79 Å².